The summed E-state index contributed by atoms with van der Waals surface area (Å²) < 4.78 is 0. The predicted molar refractivity (Wildman–Crippen MR) is 128 cm³/mol. The first-order valence-corrected chi connectivity index (χ1v) is 10.5. The third-order valence-electron chi connectivity index (χ3n) is 5.66. The van der Waals surface area contributed by atoms with Gasteiger partial charge in [-0.1, -0.05) is 36.1 Å². The molecule has 1 saturated heterocycles. The zero-order valence-corrected chi connectivity index (χ0v) is 17.8. The summed E-state index contributed by atoms with van der Waals surface area (Å²) in [5.74, 6) is 6.48. The fourth-order valence-electron chi connectivity index (χ4n) is 3.80. The molecule has 0 bridgehead atoms. The van der Waals surface area contributed by atoms with E-state index >= 15 is 0 Å². The SMILES string of the molecule is C=N/C=C(\NCC1CCCN1C)c1ccc(C#Cc2ccc(-c3cnc[nH]3)cc2)cc1. The third kappa shape index (κ3) is 5.30. The first-order valence-electron chi connectivity index (χ1n) is 10.5. The van der Waals surface area contributed by atoms with Gasteiger partial charge < -0.3 is 15.2 Å². The molecule has 1 fully saturated rings. The van der Waals surface area contributed by atoms with E-state index in [9.17, 15) is 0 Å². The number of aromatic amines is 1. The van der Waals surface area contributed by atoms with E-state index in [1.807, 2.05) is 42.6 Å². The molecule has 156 valence electrons. The molecule has 0 spiro atoms. The minimum absolute atomic E-state index is 0.568. The quantitative estimate of drug-likeness (QED) is 0.475. The van der Waals surface area contributed by atoms with Crippen LogP contribution < -0.4 is 5.32 Å². The van der Waals surface area contributed by atoms with Crippen LogP contribution in [-0.4, -0.2) is 47.8 Å². The summed E-state index contributed by atoms with van der Waals surface area (Å²) in [7, 11) is 2.19. The van der Waals surface area contributed by atoms with Crippen LogP contribution in [0.3, 0.4) is 0 Å². The Hall–Kier alpha value is -3.62. The zero-order valence-electron chi connectivity index (χ0n) is 17.8. The average Bonchev–Trinajstić information content (AvgIpc) is 3.48. The molecule has 2 heterocycles. The number of H-pyrrole nitrogens is 1. The Morgan fingerprint density at radius 1 is 1.19 bits per heavy atom. The lowest BCUT2D eigenvalue weighted by Crippen LogP contribution is -2.34. The van der Waals surface area contributed by atoms with Gasteiger partial charge in [0.1, 0.15) is 0 Å². The molecule has 5 nitrogen and oxygen atoms in total. The van der Waals surface area contributed by atoms with Gasteiger partial charge in [-0.3, -0.25) is 4.99 Å². The number of likely N-dealkylation sites (N-methyl/N-ethyl adjacent to an activating group) is 1. The Bertz CT molecular complexity index is 1080. The van der Waals surface area contributed by atoms with Gasteiger partial charge in [-0.05, 0) is 68.5 Å². The molecular weight excluding hydrogens is 382 g/mol. The topological polar surface area (TPSA) is 56.3 Å². The Morgan fingerprint density at radius 3 is 2.48 bits per heavy atom. The Labute approximate surface area is 183 Å². The van der Waals surface area contributed by atoms with Crippen molar-refractivity contribution in [1.82, 2.24) is 20.2 Å². The van der Waals surface area contributed by atoms with Crippen LogP contribution in [0.25, 0.3) is 17.0 Å². The van der Waals surface area contributed by atoms with Crippen LogP contribution in [0.5, 0.6) is 0 Å². The summed E-state index contributed by atoms with van der Waals surface area (Å²) in [6.45, 7) is 5.70. The molecule has 1 atom stereocenters. The molecule has 0 radical (unpaired) electrons. The number of nitrogens with one attached hydrogen (secondary N) is 2. The second-order valence-electron chi connectivity index (χ2n) is 7.75. The van der Waals surface area contributed by atoms with Gasteiger partial charge in [0.05, 0.1) is 23.9 Å². The van der Waals surface area contributed by atoms with Gasteiger partial charge in [0, 0.05) is 29.9 Å². The van der Waals surface area contributed by atoms with Crippen LogP contribution in [-0.2, 0) is 0 Å². The van der Waals surface area contributed by atoms with E-state index in [2.05, 4.69) is 62.9 Å². The highest BCUT2D eigenvalue weighted by atomic mass is 15.2. The monoisotopic (exact) mass is 409 g/mol. The smallest absolute Gasteiger partial charge is 0.0924 e. The molecule has 0 saturated carbocycles. The number of aromatic nitrogens is 2. The van der Waals surface area contributed by atoms with Crippen molar-refractivity contribution in [2.24, 2.45) is 4.99 Å². The van der Waals surface area contributed by atoms with Gasteiger partial charge in [-0.2, -0.15) is 0 Å². The summed E-state index contributed by atoms with van der Waals surface area (Å²) in [5.41, 5.74) is 6.13. The van der Waals surface area contributed by atoms with Gasteiger partial charge in [0.2, 0.25) is 0 Å². The molecule has 4 rings (SSSR count). The van der Waals surface area contributed by atoms with Crippen LogP contribution in [0.1, 0.15) is 29.5 Å². The van der Waals surface area contributed by atoms with E-state index in [1.165, 1.54) is 19.4 Å². The fraction of sp³-hybridized carbons (Fsp3) is 0.231. The van der Waals surface area contributed by atoms with Gasteiger partial charge in [0.25, 0.3) is 0 Å². The van der Waals surface area contributed by atoms with Crippen molar-refractivity contribution in [2.75, 3.05) is 20.1 Å². The number of aliphatic imine (C=N–C) groups is 1. The van der Waals surface area contributed by atoms with E-state index in [-0.39, 0.29) is 0 Å². The van der Waals surface area contributed by atoms with E-state index in [4.69, 9.17) is 0 Å². The minimum Gasteiger partial charge on any atom is -0.382 e. The Balaban J connectivity index is 1.41. The second kappa shape index (κ2) is 9.92. The van der Waals surface area contributed by atoms with Gasteiger partial charge >= 0.3 is 0 Å². The number of imidazole rings is 1. The summed E-state index contributed by atoms with van der Waals surface area (Å²) in [5, 5.41) is 3.55. The molecule has 1 aromatic heterocycles. The van der Waals surface area contributed by atoms with Crippen LogP contribution >= 0.6 is 0 Å². The van der Waals surface area contributed by atoms with Crippen LogP contribution in [0.15, 0.2) is 72.2 Å². The molecule has 0 aliphatic carbocycles. The van der Waals surface area contributed by atoms with E-state index in [0.717, 1.165) is 40.2 Å². The molecule has 0 amide bonds. The highest BCUT2D eigenvalue weighted by Crippen LogP contribution is 2.18. The normalized spacial score (nSPS) is 16.5. The molecule has 31 heavy (non-hydrogen) atoms. The van der Waals surface area contributed by atoms with Crippen molar-refractivity contribution >= 4 is 12.4 Å². The molecule has 1 unspecified atom stereocenters. The minimum atomic E-state index is 0.568. The Kier molecular flexibility index (Phi) is 6.61. The van der Waals surface area contributed by atoms with Crippen LogP contribution in [0, 0.1) is 11.8 Å². The van der Waals surface area contributed by atoms with E-state index in [0.29, 0.717) is 6.04 Å². The maximum absolute atomic E-state index is 4.06. The Morgan fingerprint density at radius 2 is 1.90 bits per heavy atom. The molecule has 1 aliphatic rings. The number of likely N-dealkylation sites (tertiary alicyclic amines) is 1. The maximum atomic E-state index is 4.06. The molecule has 1 aliphatic heterocycles. The van der Waals surface area contributed by atoms with Crippen molar-refractivity contribution in [3.63, 3.8) is 0 Å². The summed E-state index contributed by atoms with van der Waals surface area (Å²) in [6.07, 6.45) is 7.78. The first kappa shape index (κ1) is 20.6. The third-order valence-corrected chi connectivity index (χ3v) is 5.66. The summed E-state index contributed by atoms with van der Waals surface area (Å²) in [6, 6.07) is 17.0. The largest absolute Gasteiger partial charge is 0.382 e. The first-order chi connectivity index (χ1) is 15.2. The van der Waals surface area contributed by atoms with Crippen molar-refractivity contribution in [1.29, 1.82) is 0 Å². The average molecular weight is 410 g/mol. The summed E-state index contributed by atoms with van der Waals surface area (Å²) >= 11 is 0. The lowest BCUT2D eigenvalue weighted by atomic mass is 10.1. The fourth-order valence-corrected chi connectivity index (χ4v) is 3.80. The highest BCUT2D eigenvalue weighted by Gasteiger charge is 2.20. The molecule has 5 heteroatoms. The predicted octanol–water partition coefficient (Wildman–Crippen LogP) is 4.16. The van der Waals surface area contributed by atoms with Gasteiger partial charge in [-0.15, -0.1) is 0 Å². The summed E-state index contributed by atoms with van der Waals surface area (Å²) in [4.78, 5) is 13.6. The van der Waals surface area contributed by atoms with Crippen molar-refractivity contribution in [3.8, 4) is 23.1 Å². The molecule has 2 aromatic carbocycles. The number of rotatable bonds is 6. The highest BCUT2D eigenvalue weighted by molar-refractivity contribution is 5.65. The standard InChI is InChI=1S/C26H27N5/c1-27-17-25(29-16-24-4-3-15-31(24)2)22-11-7-20(8-12-22)5-6-21-9-13-23(14-10-21)26-18-28-19-30-26/h7-14,17-19,24,29H,1,3-4,15-16H2,2H3,(H,28,30)/b25-17-. The molecule has 2 N–H and O–H groups in total. The molecular formula is C26H27N5. The van der Waals surface area contributed by atoms with Crippen molar-refractivity contribution in [2.45, 2.75) is 18.9 Å². The van der Waals surface area contributed by atoms with Crippen LogP contribution in [0.2, 0.25) is 0 Å². The molecule has 3 aromatic rings. The number of nitrogens with zero attached hydrogens (tertiary/aromatic N) is 3. The van der Waals surface area contributed by atoms with Crippen molar-refractivity contribution < 1.29 is 0 Å². The zero-order chi connectivity index (χ0) is 21.5. The number of hydrogen-bond acceptors (Lipinski definition) is 4. The van der Waals surface area contributed by atoms with Crippen LogP contribution in [0.4, 0.5) is 0 Å². The number of benzene rings is 2. The lowest BCUT2D eigenvalue weighted by Gasteiger charge is -2.21. The number of hydrogen-bond donors (Lipinski definition) is 2. The van der Waals surface area contributed by atoms with Gasteiger partial charge in [-0.25, -0.2) is 4.98 Å². The second-order valence-corrected chi connectivity index (χ2v) is 7.75. The van der Waals surface area contributed by atoms with E-state index < -0.39 is 0 Å². The maximum Gasteiger partial charge on any atom is 0.0924 e. The van der Waals surface area contributed by atoms with E-state index in [1.54, 1.807) is 12.5 Å². The van der Waals surface area contributed by atoms with Gasteiger partial charge in [0.15, 0.2) is 0 Å². The lowest BCUT2D eigenvalue weighted by molar-refractivity contribution is 0.309. The van der Waals surface area contributed by atoms with Crippen molar-refractivity contribution in [3.05, 3.63) is 83.9 Å².